The number of hydrogen-bond donors (Lipinski definition) is 4. The fraction of sp³-hybridized carbons (Fsp3) is 0.143. The monoisotopic (exact) mass is 258 g/mol. The van der Waals surface area contributed by atoms with Crippen molar-refractivity contribution in [2.45, 2.75) is 6.92 Å². The fourth-order valence-corrected chi connectivity index (χ4v) is 1.07. The number of nitrogens with two attached hydrogens (primary N) is 2. The van der Waals surface area contributed by atoms with Crippen LogP contribution in [0.2, 0.25) is 0 Å². The molecule has 0 aromatic carbocycles. The van der Waals surface area contributed by atoms with Crippen LogP contribution in [0.1, 0.15) is 5.69 Å². The van der Waals surface area contributed by atoms with E-state index in [2.05, 4.69) is 36.3 Å². The fourth-order valence-electron chi connectivity index (χ4n) is 0.751. The van der Waals surface area contributed by atoms with Gasteiger partial charge in [0.1, 0.15) is 16.2 Å². The largest absolute Gasteiger partial charge is 0.382 e. The molecule has 14 heavy (non-hydrogen) atoms. The molecule has 0 aliphatic carbocycles. The number of aromatic nitrogens is 4. The smallest absolute Gasteiger partial charge is 0.146 e. The average molecular weight is 259 g/mol. The van der Waals surface area contributed by atoms with Gasteiger partial charge in [0.25, 0.3) is 0 Å². The van der Waals surface area contributed by atoms with Gasteiger partial charge in [-0.15, -0.1) is 0 Å². The SMILES string of the molecule is Cc1cc(N)n[nH]1.Nc1cc(Br)[nH]n1. The van der Waals surface area contributed by atoms with Gasteiger partial charge in [-0.1, -0.05) is 0 Å². The lowest BCUT2D eigenvalue weighted by molar-refractivity contribution is 1.05. The number of anilines is 2. The van der Waals surface area contributed by atoms with E-state index in [1.54, 1.807) is 12.1 Å². The molecule has 2 aromatic heterocycles. The molecule has 0 saturated carbocycles. The summed E-state index contributed by atoms with van der Waals surface area (Å²) >= 11 is 3.13. The average Bonchev–Trinajstić information content (AvgIpc) is 2.63. The minimum absolute atomic E-state index is 0.506. The van der Waals surface area contributed by atoms with Crippen LogP contribution in [0.3, 0.4) is 0 Å². The highest BCUT2D eigenvalue weighted by atomic mass is 79.9. The van der Waals surface area contributed by atoms with Gasteiger partial charge in [-0.05, 0) is 22.9 Å². The summed E-state index contributed by atoms with van der Waals surface area (Å²) in [5.41, 5.74) is 11.4. The molecular weight excluding hydrogens is 248 g/mol. The first-order valence-corrected chi connectivity index (χ1v) is 4.61. The molecule has 0 radical (unpaired) electrons. The van der Waals surface area contributed by atoms with Crippen LogP contribution in [-0.4, -0.2) is 20.4 Å². The predicted molar refractivity (Wildman–Crippen MR) is 58.4 cm³/mol. The van der Waals surface area contributed by atoms with E-state index in [-0.39, 0.29) is 0 Å². The molecule has 2 heterocycles. The molecule has 0 fully saturated rings. The minimum Gasteiger partial charge on any atom is -0.382 e. The Morgan fingerprint density at radius 3 is 1.86 bits per heavy atom. The maximum absolute atomic E-state index is 5.24. The Balaban J connectivity index is 0.000000140. The topological polar surface area (TPSA) is 109 Å². The normalized spacial score (nSPS) is 9.29. The second kappa shape index (κ2) is 4.66. The van der Waals surface area contributed by atoms with Crippen molar-refractivity contribution < 1.29 is 0 Å². The molecular formula is C7H11BrN6. The number of aromatic amines is 2. The van der Waals surface area contributed by atoms with Crippen LogP contribution in [0.15, 0.2) is 16.7 Å². The van der Waals surface area contributed by atoms with Crippen LogP contribution in [0.25, 0.3) is 0 Å². The van der Waals surface area contributed by atoms with Crippen molar-refractivity contribution in [1.82, 2.24) is 20.4 Å². The molecule has 2 aromatic rings. The molecule has 0 spiro atoms. The number of hydrogen-bond acceptors (Lipinski definition) is 4. The summed E-state index contributed by atoms with van der Waals surface area (Å²) in [6.45, 7) is 1.91. The van der Waals surface area contributed by atoms with Crippen LogP contribution in [-0.2, 0) is 0 Å². The van der Waals surface area contributed by atoms with Gasteiger partial charge in [-0.25, -0.2) is 0 Å². The molecule has 2 rings (SSSR count). The van der Waals surface area contributed by atoms with Crippen LogP contribution < -0.4 is 11.5 Å². The molecule has 0 aliphatic rings. The standard InChI is InChI=1S/C4H7N3.C3H4BrN3/c1-3-2-4(5)7-6-3;4-2-1-3(5)7-6-2/h2H,1H3,(H3,5,6,7);1H,(H3,5,6,7). The molecule has 0 bridgehead atoms. The lowest BCUT2D eigenvalue weighted by Crippen LogP contribution is -1.81. The highest BCUT2D eigenvalue weighted by Gasteiger charge is 1.87. The first-order valence-electron chi connectivity index (χ1n) is 3.82. The van der Waals surface area contributed by atoms with Crippen molar-refractivity contribution in [2.75, 3.05) is 11.5 Å². The van der Waals surface area contributed by atoms with E-state index in [0.717, 1.165) is 10.3 Å². The summed E-state index contributed by atoms with van der Waals surface area (Å²) < 4.78 is 0.810. The summed E-state index contributed by atoms with van der Waals surface area (Å²) in [5.74, 6) is 1.06. The molecule has 0 atom stereocenters. The number of nitrogens with one attached hydrogen (secondary N) is 2. The van der Waals surface area contributed by atoms with E-state index >= 15 is 0 Å². The van der Waals surface area contributed by atoms with E-state index in [1.165, 1.54) is 0 Å². The molecule has 0 amide bonds. The van der Waals surface area contributed by atoms with E-state index in [0.29, 0.717) is 11.6 Å². The number of nitrogens with zero attached hydrogens (tertiary/aromatic N) is 2. The molecule has 6 nitrogen and oxygen atoms in total. The number of aryl methyl sites for hydroxylation is 1. The van der Waals surface area contributed by atoms with Gasteiger partial charge in [0.05, 0.1) is 0 Å². The molecule has 0 saturated heterocycles. The van der Waals surface area contributed by atoms with Gasteiger partial charge < -0.3 is 11.5 Å². The zero-order valence-electron chi connectivity index (χ0n) is 7.58. The molecule has 76 valence electrons. The van der Waals surface area contributed by atoms with Gasteiger partial charge >= 0.3 is 0 Å². The van der Waals surface area contributed by atoms with Gasteiger partial charge in [0.2, 0.25) is 0 Å². The Morgan fingerprint density at radius 2 is 1.71 bits per heavy atom. The van der Waals surface area contributed by atoms with Crippen molar-refractivity contribution in [1.29, 1.82) is 0 Å². The van der Waals surface area contributed by atoms with Crippen molar-refractivity contribution in [3.05, 3.63) is 22.4 Å². The van der Waals surface area contributed by atoms with E-state index < -0.39 is 0 Å². The zero-order valence-corrected chi connectivity index (χ0v) is 9.17. The van der Waals surface area contributed by atoms with E-state index in [1.807, 2.05) is 6.92 Å². The van der Waals surface area contributed by atoms with Crippen LogP contribution in [0.4, 0.5) is 11.6 Å². The van der Waals surface area contributed by atoms with Gasteiger partial charge in [0, 0.05) is 17.8 Å². The van der Waals surface area contributed by atoms with E-state index in [9.17, 15) is 0 Å². The predicted octanol–water partition coefficient (Wildman–Crippen LogP) is 1.05. The molecule has 0 unspecified atom stereocenters. The van der Waals surface area contributed by atoms with Crippen molar-refractivity contribution in [2.24, 2.45) is 0 Å². The number of H-pyrrole nitrogens is 2. The lowest BCUT2D eigenvalue weighted by atomic mass is 10.5. The maximum atomic E-state index is 5.24. The summed E-state index contributed by atoms with van der Waals surface area (Å²) in [7, 11) is 0. The number of halogens is 1. The van der Waals surface area contributed by atoms with Crippen LogP contribution in [0, 0.1) is 6.92 Å². The van der Waals surface area contributed by atoms with Gasteiger partial charge in [-0.2, -0.15) is 10.2 Å². The third-order valence-corrected chi connectivity index (χ3v) is 1.70. The Morgan fingerprint density at radius 1 is 1.14 bits per heavy atom. The third-order valence-electron chi connectivity index (χ3n) is 1.29. The summed E-state index contributed by atoms with van der Waals surface area (Å²) in [6.07, 6.45) is 0. The Labute approximate surface area is 89.2 Å². The second-order valence-corrected chi connectivity index (χ2v) is 3.47. The lowest BCUT2D eigenvalue weighted by Gasteiger charge is -1.68. The van der Waals surface area contributed by atoms with E-state index in [4.69, 9.17) is 11.5 Å². The highest BCUT2D eigenvalue weighted by molar-refractivity contribution is 9.10. The molecule has 6 N–H and O–H groups in total. The Hall–Kier alpha value is -1.50. The molecule has 0 aliphatic heterocycles. The zero-order chi connectivity index (χ0) is 10.6. The summed E-state index contributed by atoms with van der Waals surface area (Å²) in [6, 6.07) is 3.47. The Bertz CT molecular complexity index is 321. The number of nitrogen functional groups attached to an aromatic ring is 2. The minimum atomic E-state index is 0.506. The quantitative estimate of drug-likeness (QED) is 0.566. The number of rotatable bonds is 0. The van der Waals surface area contributed by atoms with Gasteiger partial charge in [-0.3, -0.25) is 10.2 Å². The second-order valence-electron chi connectivity index (χ2n) is 2.62. The first kappa shape index (κ1) is 10.6. The van der Waals surface area contributed by atoms with Crippen molar-refractivity contribution in [3.63, 3.8) is 0 Å². The first-order chi connectivity index (χ1) is 6.58. The Kier molecular flexibility index (Phi) is 3.52. The summed E-state index contributed by atoms with van der Waals surface area (Å²) in [5, 5.41) is 12.6. The van der Waals surface area contributed by atoms with Crippen LogP contribution >= 0.6 is 15.9 Å². The maximum Gasteiger partial charge on any atom is 0.146 e. The third kappa shape index (κ3) is 3.48. The highest BCUT2D eigenvalue weighted by Crippen LogP contribution is 2.06. The van der Waals surface area contributed by atoms with Crippen LogP contribution in [0.5, 0.6) is 0 Å². The van der Waals surface area contributed by atoms with Crippen molar-refractivity contribution >= 4 is 27.6 Å². The molecule has 7 heteroatoms. The van der Waals surface area contributed by atoms with Crippen molar-refractivity contribution in [3.8, 4) is 0 Å². The summed E-state index contributed by atoms with van der Waals surface area (Å²) in [4.78, 5) is 0. The van der Waals surface area contributed by atoms with Gasteiger partial charge in [0.15, 0.2) is 0 Å².